The molecule has 0 aliphatic rings. The lowest BCUT2D eigenvalue weighted by Gasteiger charge is -2.14. The molecule has 0 bridgehead atoms. The lowest BCUT2D eigenvalue weighted by Crippen LogP contribution is -2.32. The van der Waals surface area contributed by atoms with E-state index in [1.807, 2.05) is 49.4 Å². The van der Waals surface area contributed by atoms with Crippen LogP contribution in [0.4, 0.5) is 5.69 Å². The summed E-state index contributed by atoms with van der Waals surface area (Å²) in [4.78, 5) is 4.24. The topological polar surface area (TPSA) is 73.3 Å². The summed E-state index contributed by atoms with van der Waals surface area (Å²) in [5.41, 5.74) is 0.864. The monoisotopic (exact) mass is 387 g/mol. The van der Waals surface area contributed by atoms with E-state index in [1.54, 1.807) is 21.3 Å². The molecule has 7 nitrogen and oxygen atoms in total. The van der Waals surface area contributed by atoms with Crippen molar-refractivity contribution in [2.24, 2.45) is 4.99 Å². The molecule has 0 aliphatic heterocycles. The van der Waals surface area contributed by atoms with Crippen LogP contribution in [-0.4, -0.2) is 47.0 Å². The van der Waals surface area contributed by atoms with Crippen molar-refractivity contribution >= 4 is 11.6 Å². The summed E-state index contributed by atoms with van der Waals surface area (Å²) in [5.74, 6) is 3.71. The normalized spacial score (nSPS) is 10.9. The molecule has 152 valence electrons. The predicted octanol–water partition coefficient (Wildman–Crippen LogP) is 3.56. The zero-order valence-corrected chi connectivity index (χ0v) is 17.0. The number of ether oxygens (including phenoxy) is 4. The van der Waals surface area contributed by atoms with Crippen LogP contribution in [0.2, 0.25) is 0 Å². The quantitative estimate of drug-likeness (QED) is 0.369. The van der Waals surface area contributed by atoms with Crippen molar-refractivity contribution in [3.8, 4) is 23.0 Å². The van der Waals surface area contributed by atoms with E-state index >= 15 is 0 Å². The van der Waals surface area contributed by atoms with E-state index in [1.165, 1.54) is 0 Å². The van der Waals surface area contributed by atoms with Crippen LogP contribution in [0, 0.1) is 0 Å². The number of hydrogen-bond donors (Lipinski definition) is 2. The number of benzene rings is 2. The molecular formula is C21H29N3O4. The fourth-order valence-electron chi connectivity index (χ4n) is 2.48. The van der Waals surface area contributed by atoms with Crippen molar-refractivity contribution in [1.82, 2.24) is 5.32 Å². The highest BCUT2D eigenvalue weighted by atomic mass is 16.5. The molecule has 0 radical (unpaired) electrons. The summed E-state index contributed by atoms with van der Waals surface area (Å²) >= 11 is 0. The zero-order valence-electron chi connectivity index (χ0n) is 17.0. The van der Waals surface area contributed by atoms with Crippen molar-refractivity contribution in [3.05, 3.63) is 42.5 Å². The summed E-state index contributed by atoms with van der Waals surface area (Å²) in [6, 6.07) is 13.2. The van der Waals surface area contributed by atoms with Gasteiger partial charge in [-0.3, -0.25) is 4.99 Å². The third kappa shape index (κ3) is 6.57. The first kappa shape index (κ1) is 21.2. The Morgan fingerprint density at radius 1 is 0.929 bits per heavy atom. The molecule has 2 aromatic rings. The van der Waals surface area contributed by atoms with Crippen LogP contribution in [0.25, 0.3) is 0 Å². The van der Waals surface area contributed by atoms with Crippen molar-refractivity contribution in [2.75, 3.05) is 46.3 Å². The van der Waals surface area contributed by atoms with Crippen LogP contribution >= 0.6 is 0 Å². The van der Waals surface area contributed by atoms with Gasteiger partial charge < -0.3 is 29.6 Å². The van der Waals surface area contributed by atoms with Crippen LogP contribution < -0.4 is 29.6 Å². The van der Waals surface area contributed by atoms with E-state index in [0.717, 1.165) is 30.2 Å². The second-order valence-corrected chi connectivity index (χ2v) is 5.80. The Hall–Kier alpha value is -3.09. The molecule has 0 atom stereocenters. The van der Waals surface area contributed by atoms with Gasteiger partial charge in [-0.25, -0.2) is 0 Å². The Morgan fingerprint density at radius 3 is 2.32 bits per heavy atom. The summed E-state index contributed by atoms with van der Waals surface area (Å²) in [6.07, 6.45) is 0.833. The highest BCUT2D eigenvalue weighted by Crippen LogP contribution is 2.30. The van der Waals surface area contributed by atoms with E-state index in [9.17, 15) is 0 Å². The second-order valence-electron chi connectivity index (χ2n) is 5.80. The molecule has 0 saturated carbocycles. The second kappa shape index (κ2) is 11.6. The van der Waals surface area contributed by atoms with Crippen molar-refractivity contribution in [3.63, 3.8) is 0 Å². The van der Waals surface area contributed by atoms with Gasteiger partial charge in [-0.2, -0.15) is 0 Å². The highest BCUT2D eigenvalue weighted by molar-refractivity contribution is 5.93. The first-order valence-electron chi connectivity index (χ1n) is 9.25. The van der Waals surface area contributed by atoms with Gasteiger partial charge in [0.15, 0.2) is 17.5 Å². The Labute approximate surface area is 166 Å². The lowest BCUT2D eigenvalue weighted by molar-refractivity contribution is 0.310. The minimum Gasteiger partial charge on any atom is -0.497 e. The average molecular weight is 387 g/mol. The standard InChI is InChI=1S/C21H29N3O4/c1-5-27-19-12-7-16(15-20(19)26-4)24-21(22-2)23-13-6-14-28-18-10-8-17(25-3)9-11-18/h7-12,15H,5-6,13-14H2,1-4H3,(H2,22,23,24). The maximum atomic E-state index is 5.72. The summed E-state index contributed by atoms with van der Waals surface area (Å²) in [7, 11) is 5.00. The molecule has 0 heterocycles. The van der Waals surface area contributed by atoms with Gasteiger partial charge in [0.05, 0.1) is 27.4 Å². The maximum Gasteiger partial charge on any atom is 0.195 e. The number of hydrogen-bond acceptors (Lipinski definition) is 5. The number of rotatable bonds is 10. The largest absolute Gasteiger partial charge is 0.497 e. The molecule has 28 heavy (non-hydrogen) atoms. The van der Waals surface area contributed by atoms with Gasteiger partial charge in [-0.1, -0.05) is 0 Å². The molecule has 2 rings (SSSR count). The van der Waals surface area contributed by atoms with Crippen LogP contribution in [0.15, 0.2) is 47.5 Å². The Morgan fingerprint density at radius 2 is 1.68 bits per heavy atom. The fraction of sp³-hybridized carbons (Fsp3) is 0.381. The van der Waals surface area contributed by atoms with Gasteiger partial charge in [-0.05, 0) is 49.7 Å². The molecule has 0 spiro atoms. The SMILES string of the molecule is CCOc1ccc(NC(=NC)NCCCOc2ccc(OC)cc2)cc1OC. The van der Waals surface area contributed by atoms with Crippen LogP contribution in [0.3, 0.4) is 0 Å². The number of aliphatic imine (C=N–C) groups is 1. The smallest absolute Gasteiger partial charge is 0.195 e. The molecule has 0 aliphatic carbocycles. The Balaban J connectivity index is 1.76. The van der Waals surface area contributed by atoms with Gasteiger partial charge in [0.25, 0.3) is 0 Å². The van der Waals surface area contributed by atoms with Gasteiger partial charge in [-0.15, -0.1) is 0 Å². The van der Waals surface area contributed by atoms with E-state index < -0.39 is 0 Å². The minimum atomic E-state index is 0.588. The molecule has 0 fully saturated rings. The summed E-state index contributed by atoms with van der Waals surface area (Å²) in [5, 5.41) is 6.51. The highest BCUT2D eigenvalue weighted by Gasteiger charge is 2.07. The number of methoxy groups -OCH3 is 2. The molecule has 2 aromatic carbocycles. The molecule has 7 heteroatoms. The zero-order chi connectivity index (χ0) is 20.2. The molecular weight excluding hydrogens is 358 g/mol. The van der Waals surface area contributed by atoms with E-state index in [-0.39, 0.29) is 0 Å². The maximum absolute atomic E-state index is 5.72. The Bertz CT molecular complexity index is 748. The summed E-state index contributed by atoms with van der Waals surface area (Å²) < 4.78 is 21.8. The number of nitrogens with zero attached hydrogens (tertiary/aromatic N) is 1. The van der Waals surface area contributed by atoms with Gasteiger partial charge in [0.1, 0.15) is 11.5 Å². The van der Waals surface area contributed by atoms with Gasteiger partial charge >= 0.3 is 0 Å². The van der Waals surface area contributed by atoms with Crippen LogP contribution in [0.5, 0.6) is 23.0 Å². The van der Waals surface area contributed by atoms with E-state index in [4.69, 9.17) is 18.9 Å². The fourth-order valence-corrected chi connectivity index (χ4v) is 2.48. The number of anilines is 1. The molecule has 2 N–H and O–H groups in total. The number of guanidine groups is 1. The third-order valence-corrected chi connectivity index (χ3v) is 3.89. The Kier molecular flexibility index (Phi) is 8.78. The van der Waals surface area contributed by atoms with Crippen molar-refractivity contribution in [1.29, 1.82) is 0 Å². The average Bonchev–Trinajstić information content (AvgIpc) is 2.74. The van der Waals surface area contributed by atoms with Crippen LogP contribution in [-0.2, 0) is 0 Å². The van der Waals surface area contributed by atoms with Crippen molar-refractivity contribution in [2.45, 2.75) is 13.3 Å². The molecule has 0 aromatic heterocycles. The number of nitrogens with one attached hydrogen (secondary N) is 2. The first-order valence-corrected chi connectivity index (χ1v) is 9.25. The van der Waals surface area contributed by atoms with Crippen LogP contribution in [0.1, 0.15) is 13.3 Å². The first-order chi connectivity index (χ1) is 13.7. The predicted molar refractivity (Wildman–Crippen MR) is 112 cm³/mol. The molecule has 0 amide bonds. The van der Waals surface area contributed by atoms with Gasteiger partial charge in [0, 0.05) is 25.3 Å². The summed E-state index contributed by atoms with van der Waals surface area (Å²) in [6.45, 7) is 3.86. The van der Waals surface area contributed by atoms with Gasteiger partial charge in [0.2, 0.25) is 0 Å². The lowest BCUT2D eigenvalue weighted by atomic mass is 10.2. The molecule has 0 unspecified atom stereocenters. The van der Waals surface area contributed by atoms with E-state index in [2.05, 4.69) is 15.6 Å². The molecule has 0 saturated heterocycles. The van der Waals surface area contributed by atoms with Crippen molar-refractivity contribution < 1.29 is 18.9 Å². The third-order valence-electron chi connectivity index (χ3n) is 3.89. The van der Waals surface area contributed by atoms with E-state index in [0.29, 0.717) is 30.7 Å². The minimum absolute atomic E-state index is 0.588.